The zero-order chi connectivity index (χ0) is 21.7. The maximum atomic E-state index is 12.6. The molecule has 3 rings (SSSR count). The number of aryl methyl sites for hydroxylation is 1. The van der Waals surface area contributed by atoms with Crippen molar-refractivity contribution in [3.8, 4) is 0 Å². The maximum Gasteiger partial charge on any atom is 0.408 e. The fraction of sp³-hybridized carbons (Fsp3) is 0.680. The summed E-state index contributed by atoms with van der Waals surface area (Å²) in [5.41, 5.74) is 1.80. The molecular formula is C25H37NO4. The Morgan fingerprint density at radius 3 is 2.47 bits per heavy atom. The number of carbonyl (C=O) groups is 2. The second-order valence-electron chi connectivity index (χ2n) is 10.1. The number of cyclic esters (lactones) is 1. The van der Waals surface area contributed by atoms with Crippen LogP contribution in [0.5, 0.6) is 0 Å². The van der Waals surface area contributed by atoms with Crippen LogP contribution in [-0.2, 0) is 20.7 Å². The Labute approximate surface area is 180 Å². The molecule has 3 atom stereocenters. The number of alkyl carbamates (subject to hydrolysis) is 1. The molecule has 1 saturated carbocycles. The van der Waals surface area contributed by atoms with E-state index < -0.39 is 11.7 Å². The van der Waals surface area contributed by atoms with Crippen molar-refractivity contribution >= 4 is 12.1 Å². The predicted molar refractivity (Wildman–Crippen MR) is 117 cm³/mol. The van der Waals surface area contributed by atoms with Crippen molar-refractivity contribution in [2.75, 3.05) is 0 Å². The fourth-order valence-electron chi connectivity index (χ4n) is 4.64. The van der Waals surface area contributed by atoms with Gasteiger partial charge in [0.2, 0.25) is 0 Å². The molecule has 0 unspecified atom stereocenters. The molecule has 1 aromatic carbocycles. The zero-order valence-electron chi connectivity index (χ0n) is 18.9. The summed E-state index contributed by atoms with van der Waals surface area (Å²) in [5, 5.41) is 3.04. The minimum Gasteiger partial charge on any atom is -0.460 e. The summed E-state index contributed by atoms with van der Waals surface area (Å²) in [6, 6.07) is 8.10. The quantitative estimate of drug-likeness (QED) is 0.638. The second kappa shape index (κ2) is 9.84. The van der Waals surface area contributed by atoms with Gasteiger partial charge in [-0.1, -0.05) is 61.9 Å². The fourth-order valence-corrected chi connectivity index (χ4v) is 4.64. The lowest BCUT2D eigenvalue weighted by atomic mass is 9.82. The van der Waals surface area contributed by atoms with Crippen molar-refractivity contribution in [3.63, 3.8) is 0 Å². The Kier molecular flexibility index (Phi) is 7.43. The maximum absolute atomic E-state index is 12.6. The molecule has 2 fully saturated rings. The minimum atomic E-state index is -0.556. The zero-order valence-corrected chi connectivity index (χ0v) is 18.9. The number of nitrogens with one attached hydrogen (secondary N) is 1. The van der Waals surface area contributed by atoms with Gasteiger partial charge in [0.05, 0.1) is 12.0 Å². The highest BCUT2D eigenvalue weighted by Crippen LogP contribution is 2.33. The molecule has 1 aliphatic heterocycles. The van der Waals surface area contributed by atoms with E-state index in [1.165, 1.54) is 37.7 Å². The van der Waals surface area contributed by atoms with Crippen LogP contribution >= 0.6 is 0 Å². The lowest BCUT2D eigenvalue weighted by Crippen LogP contribution is -2.46. The van der Waals surface area contributed by atoms with Gasteiger partial charge in [-0.2, -0.15) is 0 Å². The molecule has 2 aliphatic rings. The lowest BCUT2D eigenvalue weighted by Gasteiger charge is -2.30. The number of hydrogen-bond acceptors (Lipinski definition) is 4. The first-order valence-electron chi connectivity index (χ1n) is 11.4. The molecule has 1 amide bonds. The highest BCUT2D eigenvalue weighted by molar-refractivity contribution is 5.75. The molecule has 1 aromatic rings. The molecule has 0 radical (unpaired) electrons. The van der Waals surface area contributed by atoms with E-state index in [4.69, 9.17) is 9.47 Å². The Bertz CT molecular complexity index is 716. The van der Waals surface area contributed by atoms with Gasteiger partial charge in [0.1, 0.15) is 11.7 Å². The van der Waals surface area contributed by atoms with Crippen LogP contribution in [0.4, 0.5) is 4.79 Å². The van der Waals surface area contributed by atoms with Crippen molar-refractivity contribution in [3.05, 3.63) is 35.4 Å². The first-order chi connectivity index (χ1) is 14.2. The third-order valence-electron chi connectivity index (χ3n) is 6.18. The van der Waals surface area contributed by atoms with Gasteiger partial charge in [-0.3, -0.25) is 4.79 Å². The van der Waals surface area contributed by atoms with Crippen LogP contribution in [-0.4, -0.2) is 29.8 Å². The molecule has 0 bridgehead atoms. The summed E-state index contributed by atoms with van der Waals surface area (Å²) < 4.78 is 11.3. The summed E-state index contributed by atoms with van der Waals surface area (Å²) in [6.07, 6.45) is 7.57. The van der Waals surface area contributed by atoms with Crippen molar-refractivity contribution in [2.45, 2.75) is 96.8 Å². The number of hydrogen-bond donors (Lipinski definition) is 1. The number of benzene rings is 1. The van der Waals surface area contributed by atoms with Crippen LogP contribution in [0.3, 0.4) is 0 Å². The highest BCUT2D eigenvalue weighted by atomic mass is 16.6. The van der Waals surface area contributed by atoms with Crippen LogP contribution in [0.15, 0.2) is 24.3 Å². The van der Waals surface area contributed by atoms with E-state index in [0.717, 1.165) is 12.0 Å². The van der Waals surface area contributed by atoms with E-state index in [0.29, 0.717) is 18.8 Å². The predicted octanol–water partition coefficient (Wildman–Crippen LogP) is 5.33. The van der Waals surface area contributed by atoms with E-state index in [2.05, 4.69) is 36.5 Å². The van der Waals surface area contributed by atoms with E-state index in [-0.39, 0.29) is 24.0 Å². The van der Waals surface area contributed by atoms with E-state index in [1.54, 1.807) is 0 Å². The highest BCUT2D eigenvalue weighted by Gasteiger charge is 2.40. The standard InChI is InChI=1S/C25H37NO4/c1-17-10-12-19(13-11-17)14-20-16-22(29-23(20)27)21(15-18-8-6-5-7-9-18)26-24(28)30-25(2,3)4/h10-13,18,20-22H,5-9,14-16H2,1-4H3,(H,26,28)/t20-,21+,22+/m1/s1. The Hall–Kier alpha value is -2.04. The molecule has 166 valence electrons. The number of ether oxygens (including phenoxy) is 2. The molecule has 5 heteroatoms. The van der Waals surface area contributed by atoms with Crippen LogP contribution in [0, 0.1) is 18.8 Å². The van der Waals surface area contributed by atoms with Gasteiger partial charge in [0.15, 0.2) is 0 Å². The van der Waals surface area contributed by atoms with E-state index in [1.807, 2.05) is 20.8 Å². The summed E-state index contributed by atoms with van der Waals surface area (Å²) in [6.45, 7) is 7.63. The minimum absolute atomic E-state index is 0.153. The molecule has 1 aliphatic carbocycles. The van der Waals surface area contributed by atoms with Crippen LogP contribution in [0.25, 0.3) is 0 Å². The summed E-state index contributed by atoms with van der Waals surface area (Å²) in [5.74, 6) is 0.251. The molecule has 1 saturated heterocycles. The Morgan fingerprint density at radius 1 is 1.17 bits per heavy atom. The lowest BCUT2D eigenvalue weighted by molar-refractivity contribution is -0.145. The van der Waals surface area contributed by atoms with Crippen LogP contribution in [0.2, 0.25) is 0 Å². The topological polar surface area (TPSA) is 64.6 Å². The van der Waals surface area contributed by atoms with Gasteiger partial charge in [0.25, 0.3) is 0 Å². The first-order valence-corrected chi connectivity index (χ1v) is 11.4. The van der Waals surface area contributed by atoms with Crippen molar-refractivity contribution in [1.82, 2.24) is 5.32 Å². The third-order valence-corrected chi connectivity index (χ3v) is 6.18. The molecule has 5 nitrogen and oxygen atoms in total. The van der Waals surface area contributed by atoms with Gasteiger partial charge in [-0.15, -0.1) is 0 Å². The second-order valence-corrected chi connectivity index (χ2v) is 10.1. The SMILES string of the molecule is Cc1ccc(C[C@@H]2C[C@@H]([C@H](CC3CCCCC3)NC(=O)OC(C)(C)C)OC2=O)cc1. The smallest absolute Gasteiger partial charge is 0.408 e. The molecule has 0 spiro atoms. The third kappa shape index (κ3) is 6.75. The number of amides is 1. The molecule has 0 aromatic heterocycles. The summed E-state index contributed by atoms with van der Waals surface area (Å²) >= 11 is 0. The van der Waals surface area contributed by atoms with Crippen molar-refractivity contribution < 1.29 is 19.1 Å². The average molecular weight is 416 g/mol. The van der Waals surface area contributed by atoms with Crippen LogP contribution in [0.1, 0.15) is 76.8 Å². The molecular weight excluding hydrogens is 378 g/mol. The van der Waals surface area contributed by atoms with E-state index >= 15 is 0 Å². The van der Waals surface area contributed by atoms with E-state index in [9.17, 15) is 9.59 Å². The normalized spacial score (nSPS) is 23.7. The molecule has 30 heavy (non-hydrogen) atoms. The Morgan fingerprint density at radius 2 is 1.83 bits per heavy atom. The number of rotatable bonds is 6. The van der Waals surface area contributed by atoms with Gasteiger partial charge >= 0.3 is 12.1 Å². The first kappa shape index (κ1) is 22.6. The van der Waals surface area contributed by atoms with Crippen LogP contribution < -0.4 is 5.32 Å². The molecule has 1 N–H and O–H groups in total. The molecule has 1 heterocycles. The summed E-state index contributed by atoms with van der Waals surface area (Å²) in [4.78, 5) is 25.1. The number of carbonyl (C=O) groups excluding carboxylic acids is 2. The van der Waals surface area contributed by atoms with Crippen molar-refractivity contribution in [1.29, 1.82) is 0 Å². The van der Waals surface area contributed by atoms with Gasteiger partial charge in [0, 0.05) is 0 Å². The largest absolute Gasteiger partial charge is 0.460 e. The monoisotopic (exact) mass is 415 g/mol. The Balaban J connectivity index is 1.65. The van der Waals surface area contributed by atoms with Gasteiger partial charge in [-0.05, 0) is 58.4 Å². The van der Waals surface area contributed by atoms with Gasteiger partial charge in [-0.25, -0.2) is 4.79 Å². The van der Waals surface area contributed by atoms with Gasteiger partial charge < -0.3 is 14.8 Å². The van der Waals surface area contributed by atoms with Crippen molar-refractivity contribution in [2.24, 2.45) is 11.8 Å². The average Bonchev–Trinajstić information content (AvgIpc) is 3.03. The number of esters is 1. The summed E-state index contributed by atoms with van der Waals surface area (Å²) in [7, 11) is 0.